The molecule has 0 bridgehead atoms. The van der Waals surface area contributed by atoms with Crippen molar-refractivity contribution in [1.82, 2.24) is 19.8 Å². The van der Waals surface area contributed by atoms with Crippen LogP contribution in [0.3, 0.4) is 0 Å². The van der Waals surface area contributed by atoms with Crippen LogP contribution in [0.1, 0.15) is 60.8 Å². The molecule has 10 heteroatoms. The molecular weight excluding hydrogens is 490 g/mol. The maximum Gasteiger partial charge on any atom is 0.258 e. The van der Waals surface area contributed by atoms with Crippen molar-refractivity contribution in [2.45, 2.75) is 83.8 Å². The fourth-order valence-corrected chi connectivity index (χ4v) is 5.06. The van der Waals surface area contributed by atoms with E-state index in [0.717, 1.165) is 25.8 Å². The van der Waals surface area contributed by atoms with E-state index >= 15 is 0 Å². The minimum Gasteiger partial charge on any atom is -0.399 e. The normalized spacial score (nSPS) is 18.7. The number of benzene rings is 1. The molecular formula is C27H43N5O4S. The number of nitrogens with zero attached hydrogens (tertiary/aromatic N) is 2. The van der Waals surface area contributed by atoms with Gasteiger partial charge in [0.2, 0.25) is 11.8 Å². The highest BCUT2D eigenvalue weighted by atomic mass is 32.2. The Morgan fingerprint density at radius 1 is 1.19 bits per heavy atom. The van der Waals surface area contributed by atoms with Crippen molar-refractivity contribution in [3.05, 3.63) is 35.9 Å². The zero-order chi connectivity index (χ0) is 27.9. The Hall–Kier alpha value is -2.72. The van der Waals surface area contributed by atoms with Crippen LogP contribution < -0.4 is 15.8 Å². The molecule has 3 unspecified atom stereocenters. The fourth-order valence-electron chi connectivity index (χ4n) is 4.23. The highest BCUT2D eigenvalue weighted by Crippen LogP contribution is 2.24. The van der Waals surface area contributed by atoms with Crippen molar-refractivity contribution in [2.24, 2.45) is 5.41 Å². The number of amides is 3. The Labute approximate surface area is 223 Å². The third kappa shape index (κ3) is 8.67. The van der Waals surface area contributed by atoms with Crippen LogP contribution in [-0.2, 0) is 25.4 Å². The highest BCUT2D eigenvalue weighted by Gasteiger charge is 2.38. The summed E-state index contributed by atoms with van der Waals surface area (Å²) in [6.45, 7) is 12.6. The lowest BCUT2D eigenvalue weighted by atomic mass is 9.85. The highest BCUT2D eigenvalue weighted by molar-refractivity contribution is 7.83. The molecule has 0 aromatic heterocycles. The first-order valence-electron chi connectivity index (χ1n) is 12.8. The number of hydrogen-bond acceptors (Lipinski definition) is 6. The quantitative estimate of drug-likeness (QED) is 0.331. The van der Waals surface area contributed by atoms with E-state index in [9.17, 15) is 18.6 Å². The Bertz CT molecular complexity index is 1020. The topological polar surface area (TPSA) is 125 Å². The molecule has 3 atom stereocenters. The molecule has 9 nitrogen and oxygen atoms in total. The summed E-state index contributed by atoms with van der Waals surface area (Å²) in [6.07, 6.45) is 4.44. The van der Waals surface area contributed by atoms with Crippen molar-refractivity contribution in [3.63, 3.8) is 0 Å². The van der Waals surface area contributed by atoms with Gasteiger partial charge < -0.3 is 16.0 Å². The number of nitrogen functional groups attached to an aromatic ring is 1. The number of carbonyl (C=O) groups is 3. The molecule has 0 saturated carbocycles. The molecule has 1 aliphatic rings. The first kappa shape index (κ1) is 30.5. The van der Waals surface area contributed by atoms with Gasteiger partial charge in [0.1, 0.15) is 6.04 Å². The van der Waals surface area contributed by atoms with Crippen molar-refractivity contribution >= 4 is 34.4 Å². The fraction of sp³-hybridized carbons (Fsp3) is 0.593. The monoisotopic (exact) mass is 533 g/mol. The van der Waals surface area contributed by atoms with Crippen molar-refractivity contribution in [3.8, 4) is 0 Å². The summed E-state index contributed by atoms with van der Waals surface area (Å²) >= 11 is 0. The smallest absolute Gasteiger partial charge is 0.258 e. The number of piperidine rings is 1. The van der Waals surface area contributed by atoms with Gasteiger partial charge in [0.25, 0.3) is 5.91 Å². The first-order chi connectivity index (χ1) is 17.2. The largest absolute Gasteiger partial charge is 0.399 e. The maximum absolute atomic E-state index is 13.4. The van der Waals surface area contributed by atoms with Gasteiger partial charge in [0, 0.05) is 30.9 Å². The number of nitrogens with two attached hydrogens (primary N) is 1. The molecule has 1 aromatic rings. The molecule has 1 saturated heterocycles. The average molecular weight is 534 g/mol. The number of likely N-dealkylation sites (N-methyl/N-ethyl adjacent to an activating group) is 1. The van der Waals surface area contributed by atoms with Gasteiger partial charge in [-0.05, 0) is 69.8 Å². The predicted molar refractivity (Wildman–Crippen MR) is 148 cm³/mol. The predicted octanol–water partition coefficient (Wildman–Crippen LogP) is 2.61. The van der Waals surface area contributed by atoms with Gasteiger partial charge in [0.15, 0.2) is 11.0 Å². The van der Waals surface area contributed by atoms with Crippen LogP contribution in [0, 0.1) is 5.41 Å². The van der Waals surface area contributed by atoms with Crippen molar-refractivity contribution < 1.29 is 18.6 Å². The third-order valence-electron chi connectivity index (χ3n) is 6.60. The van der Waals surface area contributed by atoms with Gasteiger partial charge in [-0.15, -0.1) is 0 Å². The van der Waals surface area contributed by atoms with Gasteiger partial charge in [-0.3, -0.25) is 24.0 Å². The van der Waals surface area contributed by atoms with Crippen LogP contribution in [0.5, 0.6) is 0 Å². The Morgan fingerprint density at radius 3 is 2.38 bits per heavy atom. The SMILES string of the molecule is C/C(=C\CN(C)C(=O)C(NC(=O)C1CCCCN1C(C)C)C(C)(C)C)C(=O)NS(=O)c1ccc(N)cc1. The summed E-state index contributed by atoms with van der Waals surface area (Å²) < 4.78 is 14.9. The van der Waals surface area contributed by atoms with E-state index in [1.54, 1.807) is 44.3 Å². The summed E-state index contributed by atoms with van der Waals surface area (Å²) in [5, 5.41) is 3.03. The molecule has 3 amide bonds. The summed E-state index contributed by atoms with van der Waals surface area (Å²) in [7, 11) is -0.0870. The summed E-state index contributed by atoms with van der Waals surface area (Å²) in [5.74, 6) is -0.850. The van der Waals surface area contributed by atoms with E-state index in [4.69, 9.17) is 5.73 Å². The van der Waals surface area contributed by atoms with Crippen LogP contribution in [-0.4, -0.2) is 70.0 Å². The molecule has 206 valence electrons. The Balaban J connectivity index is 2.04. The van der Waals surface area contributed by atoms with Gasteiger partial charge in [-0.25, -0.2) is 4.21 Å². The number of carbonyl (C=O) groups excluding carboxylic acids is 3. The van der Waals surface area contributed by atoms with Crippen LogP contribution in [0.15, 0.2) is 40.8 Å². The van der Waals surface area contributed by atoms with Gasteiger partial charge in [-0.1, -0.05) is 33.3 Å². The minimum absolute atomic E-state index is 0.119. The zero-order valence-corrected chi connectivity index (χ0v) is 24.0. The zero-order valence-electron chi connectivity index (χ0n) is 23.2. The van der Waals surface area contributed by atoms with E-state index in [2.05, 4.69) is 28.8 Å². The molecule has 37 heavy (non-hydrogen) atoms. The van der Waals surface area contributed by atoms with E-state index in [1.807, 2.05) is 20.8 Å². The average Bonchev–Trinajstić information content (AvgIpc) is 2.84. The van der Waals surface area contributed by atoms with Crippen LogP contribution in [0.4, 0.5) is 5.69 Å². The number of nitrogens with one attached hydrogen (secondary N) is 2. The number of likely N-dealkylation sites (tertiary alicyclic amines) is 1. The van der Waals surface area contributed by atoms with Gasteiger partial charge in [-0.2, -0.15) is 0 Å². The Morgan fingerprint density at radius 2 is 1.81 bits per heavy atom. The molecule has 1 aromatic carbocycles. The molecule has 1 heterocycles. The molecule has 0 spiro atoms. The Kier molecular flexibility index (Phi) is 10.9. The molecule has 0 radical (unpaired) electrons. The summed E-state index contributed by atoms with van der Waals surface area (Å²) in [5.41, 5.74) is 6.00. The van der Waals surface area contributed by atoms with Crippen molar-refractivity contribution in [2.75, 3.05) is 25.9 Å². The maximum atomic E-state index is 13.4. The van der Waals surface area contributed by atoms with Gasteiger partial charge >= 0.3 is 0 Å². The number of anilines is 1. The lowest BCUT2D eigenvalue weighted by molar-refractivity contribution is -0.140. The molecule has 2 rings (SSSR count). The minimum atomic E-state index is -1.73. The van der Waals surface area contributed by atoms with E-state index in [0.29, 0.717) is 16.2 Å². The summed E-state index contributed by atoms with van der Waals surface area (Å²) in [6, 6.07) is 5.68. The lowest BCUT2D eigenvalue weighted by Crippen LogP contribution is -2.59. The molecule has 1 fully saturated rings. The van der Waals surface area contributed by atoms with E-state index < -0.39 is 28.3 Å². The molecule has 0 aliphatic carbocycles. The second-order valence-corrected chi connectivity index (χ2v) is 12.2. The number of rotatable bonds is 9. The second kappa shape index (κ2) is 13.2. The molecule has 4 N–H and O–H groups in total. The van der Waals surface area contributed by atoms with Gasteiger partial charge in [0.05, 0.1) is 10.9 Å². The second-order valence-electron chi connectivity index (χ2n) is 11.0. The third-order valence-corrected chi connectivity index (χ3v) is 7.67. The molecule has 1 aliphatic heterocycles. The standard InChI is InChI=1S/C27H43N5O4S/c1-18(2)32-16-9-8-10-22(32)25(34)29-23(27(4,5)6)26(35)31(7)17-15-19(3)24(33)30-37(36)21-13-11-20(28)12-14-21/h11-15,18,22-23H,8-10,16-17,28H2,1-7H3,(H,29,34)(H,30,33)/b19-15+. The summed E-state index contributed by atoms with van der Waals surface area (Å²) in [4.78, 5) is 43.3. The number of hydrogen-bond donors (Lipinski definition) is 3. The van der Waals surface area contributed by atoms with E-state index in [-0.39, 0.29) is 30.4 Å². The van der Waals surface area contributed by atoms with Crippen LogP contribution in [0.25, 0.3) is 0 Å². The lowest BCUT2D eigenvalue weighted by Gasteiger charge is -2.40. The van der Waals surface area contributed by atoms with E-state index in [1.165, 1.54) is 4.90 Å². The van der Waals surface area contributed by atoms with Crippen LogP contribution in [0.2, 0.25) is 0 Å². The van der Waals surface area contributed by atoms with Crippen molar-refractivity contribution in [1.29, 1.82) is 0 Å². The van der Waals surface area contributed by atoms with Crippen LogP contribution >= 0.6 is 0 Å². The first-order valence-corrected chi connectivity index (χ1v) is 13.9.